The van der Waals surface area contributed by atoms with Crippen LogP contribution in [0.25, 0.3) is 16.2 Å². The van der Waals surface area contributed by atoms with Crippen molar-refractivity contribution >= 4 is 51.1 Å². The third kappa shape index (κ3) is 4.87. The van der Waals surface area contributed by atoms with Crippen LogP contribution in [0.2, 0.25) is 0 Å². The molecule has 2 aromatic carbocycles. The number of carbonyl (C=O) groups is 1. The van der Waals surface area contributed by atoms with Gasteiger partial charge in [0.25, 0.3) is 0 Å². The first kappa shape index (κ1) is 17.6. The normalized spacial score (nSPS) is 11.1. The summed E-state index contributed by atoms with van der Waals surface area (Å²) in [4.78, 5) is 13.6. The Morgan fingerprint density at radius 2 is 2.00 bits per heavy atom. The van der Waals surface area contributed by atoms with Crippen LogP contribution in [0, 0.1) is 6.92 Å². The molecule has 3 aromatic rings. The number of carbonyl (C=O) groups excluding carboxylic acids is 1. The molecule has 1 N–H and O–H groups in total. The number of anilines is 1. The van der Waals surface area contributed by atoms with E-state index < -0.39 is 0 Å². The molecule has 1 heterocycles. The number of esters is 1. The predicted octanol–water partition coefficient (Wildman–Crippen LogP) is 5.91. The lowest BCUT2D eigenvalue weighted by molar-refractivity contribution is -0.137. The second-order valence-corrected chi connectivity index (χ2v) is 7.50. The zero-order chi connectivity index (χ0) is 17.6. The van der Waals surface area contributed by atoms with Gasteiger partial charge in [0.05, 0.1) is 6.61 Å². The van der Waals surface area contributed by atoms with Gasteiger partial charge in [0.2, 0.25) is 0 Å². The second-order valence-electron chi connectivity index (χ2n) is 5.50. The molecule has 0 saturated heterocycles. The summed E-state index contributed by atoms with van der Waals surface area (Å²) in [5.41, 5.74) is 2.31. The molecule has 0 unspecified atom stereocenters. The van der Waals surface area contributed by atoms with E-state index in [9.17, 15) is 4.79 Å². The zero-order valence-corrected chi connectivity index (χ0v) is 15.7. The minimum absolute atomic E-state index is 0.309. The Morgan fingerprint density at radius 3 is 2.76 bits per heavy atom. The molecule has 25 heavy (non-hydrogen) atoms. The number of ether oxygens (including phenoxy) is 1. The van der Waals surface area contributed by atoms with E-state index in [1.54, 1.807) is 36.3 Å². The van der Waals surface area contributed by atoms with E-state index in [0.717, 1.165) is 16.0 Å². The molecule has 0 aliphatic rings. The van der Waals surface area contributed by atoms with E-state index in [1.807, 2.05) is 0 Å². The van der Waals surface area contributed by atoms with Crippen molar-refractivity contribution < 1.29 is 9.53 Å². The molecule has 0 aliphatic heterocycles. The Morgan fingerprint density at radius 1 is 1.20 bits per heavy atom. The van der Waals surface area contributed by atoms with Crippen LogP contribution >= 0.6 is 23.3 Å². The van der Waals surface area contributed by atoms with Gasteiger partial charge in [-0.1, -0.05) is 17.7 Å². The van der Waals surface area contributed by atoms with E-state index >= 15 is 0 Å². The van der Waals surface area contributed by atoms with Crippen molar-refractivity contribution in [1.82, 2.24) is 0 Å². The fourth-order valence-corrected chi connectivity index (χ4v) is 3.86. The molecule has 0 atom stereocenters. The Kier molecular flexibility index (Phi) is 5.79. The molecule has 0 amide bonds. The maximum atomic E-state index is 11.4. The summed E-state index contributed by atoms with van der Waals surface area (Å²) in [6.45, 7) is 4.28. The number of nitrogens with one attached hydrogen (secondary N) is 1. The molecule has 3 nitrogen and oxygen atoms in total. The minimum Gasteiger partial charge on any atom is -0.463 e. The Balaban J connectivity index is 1.69. The molecule has 5 heteroatoms. The van der Waals surface area contributed by atoms with Gasteiger partial charge in [0.1, 0.15) is 0 Å². The first-order chi connectivity index (χ1) is 12.1. The summed E-state index contributed by atoms with van der Waals surface area (Å²) in [6, 6.07) is 16.8. The predicted molar refractivity (Wildman–Crippen MR) is 108 cm³/mol. The highest BCUT2D eigenvalue weighted by Crippen LogP contribution is 2.30. The number of thiophene rings is 1. The van der Waals surface area contributed by atoms with Crippen LogP contribution < -0.4 is 4.72 Å². The first-order valence-electron chi connectivity index (χ1n) is 8.02. The fraction of sp³-hybridized carbons (Fsp3) is 0.150. The quantitative estimate of drug-likeness (QED) is 0.333. The molecule has 0 bridgehead atoms. The first-order valence-corrected chi connectivity index (χ1v) is 9.65. The second kappa shape index (κ2) is 8.23. The van der Waals surface area contributed by atoms with Gasteiger partial charge in [-0.3, -0.25) is 0 Å². The molecule has 128 valence electrons. The Hall–Kier alpha value is -2.24. The Labute approximate surface area is 155 Å². The largest absolute Gasteiger partial charge is 0.463 e. The van der Waals surface area contributed by atoms with Crippen LogP contribution in [0.5, 0.6) is 0 Å². The van der Waals surface area contributed by atoms with Crippen molar-refractivity contribution in [2.24, 2.45) is 0 Å². The fourth-order valence-electron chi connectivity index (χ4n) is 2.27. The number of hydrogen-bond acceptors (Lipinski definition) is 5. The van der Waals surface area contributed by atoms with Gasteiger partial charge >= 0.3 is 5.97 Å². The number of aryl methyl sites for hydroxylation is 1. The molecule has 0 fully saturated rings. The highest BCUT2D eigenvalue weighted by molar-refractivity contribution is 8.00. The van der Waals surface area contributed by atoms with Crippen LogP contribution in [0.15, 0.2) is 59.5 Å². The summed E-state index contributed by atoms with van der Waals surface area (Å²) < 4.78 is 9.47. The van der Waals surface area contributed by atoms with Gasteiger partial charge in [0, 0.05) is 26.2 Å². The monoisotopic (exact) mass is 369 g/mol. The van der Waals surface area contributed by atoms with Crippen molar-refractivity contribution in [2.75, 3.05) is 11.3 Å². The molecule has 0 saturated carbocycles. The lowest BCUT2D eigenvalue weighted by Crippen LogP contribution is -1.98. The third-order valence-electron chi connectivity index (χ3n) is 3.51. The van der Waals surface area contributed by atoms with Crippen molar-refractivity contribution in [2.45, 2.75) is 18.7 Å². The van der Waals surface area contributed by atoms with E-state index in [-0.39, 0.29) is 5.97 Å². The van der Waals surface area contributed by atoms with Gasteiger partial charge in [0.15, 0.2) is 0 Å². The highest BCUT2D eigenvalue weighted by Gasteiger charge is 2.03. The number of rotatable bonds is 6. The van der Waals surface area contributed by atoms with E-state index in [4.69, 9.17) is 4.74 Å². The van der Waals surface area contributed by atoms with Gasteiger partial charge in [-0.15, -0.1) is 11.3 Å². The number of benzene rings is 2. The summed E-state index contributed by atoms with van der Waals surface area (Å²) in [6.07, 6.45) is 3.28. The third-order valence-corrected chi connectivity index (χ3v) is 5.44. The molecular weight excluding hydrogens is 350 g/mol. The number of hydrogen-bond donors (Lipinski definition) is 1. The highest BCUT2D eigenvalue weighted by atomic mass is 32.2. The smallest absolute Gasteiger partial charge is 0.330 e. The molecule has 1 aromatic heterocycles. The van der Waals surface area contributed by atoms with Crippen LogP contribution in [0.3, 0.4) is 0 Å². The summed E-state index contributed by atoms with van der Waals surface area (Å²) >= 11 is 3.25. The minimum atomic E-state index is -0.309. The SMILES string of the molecule is CCOC(=O)/C=C/c1cc2cc(NSc3ccc(C)cc3)ccc2s1. The van der Waals surface area contributed by atoms with Crippen LogP contribution in [-0.2, 0) is 9.53 Å². The maximum absolute atomic E-state index is 11.4. The molecule has 0 aliphatic carbocycles. The number of fused-ring (bicyclic) bond motifs is 1. The average molecular weight is 370 g/mol. The topological polar surface area (TPSA) is 38.3 Å². The van der Waals surface area contributed by atoms with Crippen LogP contribution in [0.1, 0.15) is 17.4 Å². The lowest BCUT2D eigenvalue weighted by Gasteiger charge is -2.05. The van der Waals surface area contributed by atoms with Crippen molar-refractivity contribution in [3.63, 3.8) is 0 Å². The van der Waals surface area contributed by atoms with Crippen molar-refractivity contribution in [1.29, 1.82) is 0 Å². The standard InChI is InChI=1S/C20H19NO2S2/c1-3-23-20(22)11-9-18-13-15-12-16(6-10-19(15)24-18)21-25-17-7-4-14(2)5-8-17/h4-13,21H,3H2,1-2H3/b11-9+. The molecule has 0 radical (unpaired) electrons. The Bertz CT molecular complexity index is 898. The molecule has 0 spiro atoms. The zero-order valence-electron chi connectivity index (χ0n) is 14.1. The van der Waals surface area contributed by atoms with Gasteiger partial charge in [-0.05, 0) is 73.7 Å². The van der Waals surface area contributed by atoms with Gasteiger partial charge in [-0.25, -0.2) is 4.79 Å². The lowest BCUT2D eigenvalue weighted by atomic mass is 10.2. The van der Waals surface area contributed by atoms with Gasteiger partial charge in [-0.2, -0.15) is 0 Å². The molecule has 3 rings (SSSR count). The maximum Gasteiger partial charge on any atom is 0.330 e. The van der Waals surface area contributed by atoms with Crippen molar-refractivity contribution in [3.05, 3.63) is 65.0 Å². The summed E-state index contributed by atoms with van der Waals surface area (Å²) in [5.74, 6) is -0.309. The van der Waals surface area contributed by atoms with E-state index in [0.29, 0.717) is 6.61 Å². The van der Waals surface area contributed by atoms with Crippen LogP contribution in [0.4, 0.5) is 5.69 Å². The van der Waals surface area contributed by atoms with E-state index in [1.165, 1.54) is 21.2 Å². The van der Waals surface area contributed by atoms with Gasteiger partial charge < -0.3 is 9.46 Å². The molecular formula is C20H19NO2S2. The summed E-state index contributed by atoms with van der Waals surface area (Å²) in [5, 5.41) is 1.16. The van der Waals surface area contributed by atoms with E-state index in [2.05, 4.69) is 60.2 Å². The van der Waals surface area contributed by atoms with Crippen molar-refractivity contribution in [3.8, 4) is 0 Å². The van der Waals surface area contributed by atoms with Crippen LogP contribution in [-0.4, -0.2) is 12.6 Å². The average Bonchev–Trinajstić information content (AvgIpc) is 3.02. The summed E-state index contributed by atoms with van der Waals surface area (Å²) in [7, 11) is 0.